The number of amides is 3. The van der Waals surface area contributed by atoms with Crippen molar-refractivity contribution in [2.24, 2.45) is 0 Å². The van der Waals surface area contributed by atoms with E-state index in [2.05, 4.69) is 15.5 Å². The van der Waals surface area contributed by atoms with Crippen LogP contribution in [-0.4, -0.2) is 33.6 Å². The summed E-state index contributed by atoms with van der Waals surface area (Å²) in [5.41, 5.74) is -0.440. The van der Waals surface area contributed by atoms with Crippen molar-refractivity contribution in [1.82, 2.24) is 20.4 Å². The van der Waals surface area contributed by atoms with Gasteiger partial charge in [-0.05, 0) is 17.5 Å². The molecule has 1 N–H and O–H groups in total. The van der Waals surface area contributed by atoms with E-state index >= 15 is 0 Å². The molecule has 0 bridgehead atoms. The molecule has 0 aliphatic carbocycles. The minimum absolute atomic E-state index is 0.0756. The van der Waals surface area contributed by atoms with Gasteiger partial charge in [0.1, 0.15) is 12.3 Å². The predicted octanol–water partition coefficient (Wildman–Crippen LogP) is 2.53. The number of nitrogens with one attached hydrogen (secondary N) is 1. The lowest BCUT2D eigenvalue weighted by Crippen LogP contribution is -2.47. The van der Waals surface area contributed by atoms with Crippen LogP contribution in [0, 0.1) is 0 Å². The Labute approximate surface area is 157 Å². The fourth-order valence-corrected chi connectivity index (χ4v) is 4.11. The Balaban J connectivity index is 1.44. The molecule has 0 unspecified atom stereocenters. The maximum atomic E-state index is 13.2. The van der Waals surface area contributed by atoms with E-state index in [0.29, 0.717) is 30.2 Å². The van der Waals surface area contributed by atoms with Crippen LogP contribution in [0.3, 0.4) is 0 Å². The van der Waals surface area contributed by atoms with Crippen LogP contribution in [0.25, 0.3) is 10.8 Å². The van der Waals surface area contributed by atoms with E-state index in [1.807, 2.05) is 29.6 Å². The van der Waals surface area contributed by atoms with Crippen LogP contribution in [0.5, 0.6) is 5.75 Å². The highest BCUT2D eigenvalue weighted by Crippen LogP contribution is 2.41. The van der Waals surface area contributed by atoms with Gasteiger partial charge >= 0.3 is 6.03 Å². The number of para-hydroxylation sites is 1. The van der Waals surface area contributed by atoms with Crippen LogP contribution >= 0.6 is 11.3 Å². The molecule has 9 heteroatoms. The van der Waals surface area contributed by atoms with Gasteiger partial charge in [0.25, 0.3) is 11.8 Å². The summed E-state index contributed by atoms with van der Waals surface area (Å²) in [6.07, 6.45) is 0.370. The van der Waals surface area contributed by atoms with Crippen molar-refractivity contribution in [1.29, 1.82) is 0 Å². The van der Waals surface area contributed by atoms with Gasteiger partial charge in [-0.1, -0.05) is 24.3 Å². The molecule has 2 aliphatic heterocycles. The minimum atomic E-state index is -1.11. The fourth-order valence-electron chi connectivity index (χ4n) is 3.47. The van der Waals surface area contributed by atoms with E-state index in [4.69, 9.17) is 9.15 Å². The third-order valence-electron chi connectivity index (χ3n) is 4.75. The summed E-state index contributed by atoms with van der Waals surface area (Å²) in [5, 5.41) is 12.7. The topological polar surface area (TPSA) is 97.6 Å². The van der Waals surface area contributed by atoms with Crippen molar-refractivity contribution in [3.05, 3.63) is 53.2 Å². The minimum Gasteiger partial charge on any atom is -0.493 e. The molecule has 4 heterocycles. The van der Waals surface area contributed by atoms with E-state index in [-0.39, 0.29) is 18.3 Å². The van der Waals surface area contributed by atoms with Gasteiger partial charge in [0, 0.05) is 12.0 Å². The summed E-state index contributed by atoms with van der Waals surface area (Å²) in [4.78, 5) is 27.7. The molecule has 1 aromatic carbocycles. The molecular formula is C18H14N4O4S. The second kappa shape index (κ2) is 5.92. The van der Waals surface area contributed by atoms with Crippen LogP contribution in [0.1, 0.15) is 17.9 Å². The van der Waals surface area contributed by atoms with Crippen molar-refractivity contribution >= 4 is 23.3 Å². The number of imide groups is 1. The number of carbonyl (C=O) groups is 2. The van der Waals surface area contributed by atoms with Crippen molar-refractivity contribution in [3.63, 3.8) is 0 Å². The fraction of sp³-hybridized carbons (Fsp3) is 0.222. The molecule has 1 spiro atoms. The number of rotatable bonds is 3. The van der Waals surface area contributed by atoms with E-state index in [0.717, 1.165) is 9.78 Å². The highest BCUT2D eigenvalue weighted by atomic mass is 32.1. The van der Waals surface area contributed by atoms with Gasteiger partial charge in [0.05, 0.1) is 11.5 Å². The first-order chi connectivity index (χ1) is 13.2. The molecule has 0 saturated carbocycles. The lowest BCUT2D eigenvalue weighted by atomic mass is 9.84. The molecule has 1 saturated heterocycles. The van der Waals surface area contributed by atoms with Gasteiger partial charge in [0.15, 0.2) is 5.54 Å². The average Bonchev–Trinajstić information content (AvgIpc) is 3.40. The molecule has 27 heavy (non-hydrogen) atoms. The van der Waals surface area contributed by atoms with Gasteiger partial charge in [-0.3, -0.25) is 9.69 Å². The Bertz CT molecular complexity index is 1030. The summed E-state index contributed by atoms with van der Waals surface area (Å²) in [5.74, 6) is 0.855. The molecule has 3 amide bonds. The summed E-state index contributed by atoms with van der Waals surface area (Å²) in [6.45, 7) is 0.272. The van der Waals surface area contributed by atoms with Crippen LogP contribution < -0.4 is 10.1 Å². The van der Waals surface area contributed by atoms with Crippen molar-refractivity contribution < 1.29 is 18.7 Å². The number of urea groups is 1. The number of fused-ring (bicyclic) bond motifs is 2. The number of aromatic nitrogens is 2. The number of nitrogens with zero attached hydrogens (tertiary/aromatic N) is 3. The molecule has 3 aromatic rings. The summed E-state index contributed by atoms with van der Waals surface area (Å²) in [7, 11) is 0. The first-order valence-corrected chi connectivity index (χ1v) is 9.28. The lowest BCUT2D eigenvalue weighted by molar-refractivity contribution is -0.133. The van der Waals surface area contributed by atoms with Gasteiger partial charge in [-0.15, -0.1) is 21.5 Å². The zero-order valence-electron chi connectivity index (χ0n) is 14.0. The van der Waals surface area contributed by atoms with Crippen LogP contribution in [0.4, 0.5) is 4.79 Å². The Hall–Kier alpha value is -3.20. The zero-order valence-corrected chi connectivity index (χ0v) is 14.9. The molecular weight excluding hydrogens is 368 g/mol. The molecule has 5 rings (SSSR count). The number of thiophene rings is 1. The third kappa shape index (κ3) is 2.42. The largest absolute Gasteiger partial charge is 0.493 e. The summed E-state index contributed by atoms with van der Waals surface area (Å²) < 4.78 is 11.3. The van der Waals surface area contributed by atoms with E-state index in [9.17, 15) is 9.59 Å². The molecule has 0 radical (unpaired) electrons. The number of hydrogen-bond donors (Lipinski definition) is 1. The Morgan fingerprint density at radius 2 is 2.07 bits per heavy atom. The monoisotopic (exact) mass is 382 g/mol. The molecule has 136 valence electrons. The number of hydrogen-bond acceptors (Lipinski definition) is 7. The zero-order chi connectivity index (χ0) is 18.4. The van der Waals surface area contributed by atoms with Gasteiger partial charge in [0.2, 0.25) is 5.89 Å². The first kappa shape index (κ1) is 16.0. The van der Waals surface area contributed by atoms with E-state index < -0.39 is 11.6 Å². The lowest BCUT2D eigenvalue weighted by Gasteiger charge is -2.33. The Kier molecular flexibility index (Phi) is 3.51. The van der Waals surface area contributed by atoms with Gasteiger partial charge in [-0.25, -0.2) is 4.79 Å². The number of benzene rings is 1. The third-order valence-corrected chi connectivity index (χ3v) is 5.61. The van der Waals surface area contributed by atoms with Crippen LogP contribution in [-0.2, 0) is 16.9 Å². The van der Waals surface area contributed by atoms with Crippen LogP contribution in [0.2, 0.25) is 0 Å². The summed E-state index contributed by atoms with van der Waals surface area (Å²) in [6, 6.07) is 10.5. The summed E-state index contributed by atoms with van der Waals surface area (Å²) >= 11 is 1.47. The smallest absolute Gasteiger partial charge is 0.325 e. The van der Waals surface area contributed by atoms with E-state index in [1.165, 1.54) is 11.3 Å². The van der Waals surface area contributed by atoms with Gasteiger partial charge < -0.3 is 14.5 Å². The second-order valence-electron chi connectivity index (χ2n) is 6.30. The predicted molar refractivity (Wildman–Crippen MR) is 94.9 cm³/mol. The molecule has 1 atom stereocenters. The van der Waals surface area contributed by atoms with E-state index in [1.54, 1.807) is 12.1 Å². The SMILES string of the molecule is O=C1N[C@]2(CCOc3ccccc32)C(=O)N1Cc1nnc(-c2cccs2)o1. The normalized spacial score (nSPS) is 21.3. The highest BCUT2D eigenvalue weighted by Gasteiger charge is 2.55. The molecule has 2 aliphatic rings. The second-order valence-corrected chi connectivity index (χ2v) is 7.25. The standard InChI is InChI=1S/C18H14N4O4S/c23-16-18(7-8-25-12-5-2-1-4-11(12)18)19-17(24)22(16)10-14-20-21-15(26-14)13-6-3-9-27-13/h1-6,9H,7-8,10H2,(H,19,24)/t18-/m0/s1. The number of carbonyl (C=O) groups excluding carboxylic acids is 2. The first-order valence-electron chi connectivity index (χ1n) is 8.40. The quantitative estimate of drug-likeness (QED) is 0.699. The van der Waals surface area contributed by atoms with Crippen molar-refractivity contribution in [2.75, 3.05) is 6.61 Å². The number of ether oxygens (including phenoxy) is 1. The highest BCUT2D eigenvalue weighted by molar-refractivity contribution is 7.13. The van der Waals surface area contributed by atoms with Crippen LogP contribution in [0.15, 0.2) is 46.2 Å². The maximum Gasteiger partial charge on any atom is 0.325 e. The Morgan fingerprint density at radius 1 is 1.19 bits per heavy atom. The molecule has 8 nitrogen and oxygen atoms in total. The molecule has 1 fully saturated rings. The van der Waals surface area contributed by atoms with Crippen molar-refractivity contribution in [2.45, 2.75) is 18.5 Å². The average molecular weight is 382 g/mol. The molecule has 2 aromatic heterocycles. The van der Waals surface area contributed by atoms with Crippen molar-refractivity contribution in [3.8, 4) is 16.5 Å². The maximum absolute atomic E-state index is 13.2. The van der Waals surface area contributed by atoms with Gasteiger partial charge in [-0.2, -0.15) is 0 Å². The Morgan fingerprint density at radius 3 is 2.93 bits per heavy atom.